The van der Waals surface area contributed by atoms with Crippen molar-refractivity contribution in [2.24, 2.45) is 7.05 Å². The lowest BCUT2D eigenvalue weighted by atomic mass is 10.0. The number of hydrogen-bond acceptors (Lipinski definition) is 4. The molecule has 6 nitrogen and oxygen atoms in total. The van der Waals surface area contributed by atoms with Crippen molar-refractivity contribution >= 4 is 18.1 Å². The summed E-state index contributed by atoms with van der Waals surface area (Å²) in [7, 11) is 1.81. The number of rotatable bonds is 3. The Bertz CT molecular complexity index is 762. The Morgan fingerprint density at radius 3 is 2.91 bits per heavy atom. The molecule has 0 unspecified atom stereocenters. The summed E-state index contributed by atoms with van der Waals surface area (Å²) in [4.78, 5) is 12.3. The van der Waals surface area contributed by atoms with E-state index in [1.807, 2.05) is 13.0 Å². The minimum absolute atomic E-state index is 0.138. The minimum atomic E-state index is -0.483. The van der Waals surface area contributed by atoms with Crippen molar-refractivity contribution in [2.75, 3.05) is 0 Å². The first-order chi connectivity index (χ1) is 10.5. The Morgan fingerprint density at radius 1 is 1.50 bits per heavy atom. The zero-order valence-corrected chi connectivity index (χ0v) is 13.6. The average molecular weight is 318 g/mol. The van der Waals surface area contributed by atoms with Gasteiger partial charge >= 0.3 is 0 Å². The lowest BCUT2D eigenvalue weighted by Crippen LogP contribution is -2.37. The van der Waals surface area contributed by atoms with Crippen molar-refractivity contribution in [3.63, 3.8) is 0 Å². The van der Waals surface area contributed by atoms with Crippen LogP contribution in [0.15, 0.2) is 12.1 Å². The number of carbonyl (C=O) groups is 1. The van der Waals surface area contributed by atoms with Crippen LogP contribution in [0.3, 0.4) is 0 Å². The Hall–Kier alpha value is -2.15. The second-order valence-electron chi connectivity index (χ2n) is 5.58. The van der Waals surface area contributed by atoms with Crippen LogP contribution >= 0.6 is 12.2 Å². The highest BCUT2D eigenvalue weighted by molar-refractivity contribution is 7.71. The molecule has 116 valence electrons. The summed E-state index contributed by atoms with van der Waals surface area (Å²) in [5, 5.41) is 9.60. The zero-order chi connectivity index (χ0) is 15.9. The molecule has 1 aliphatic heterocycles. The van der Waals surface area contributed by atoms with E-state index in [-0.39, 0.29) is 5.91 Å². The molecule has 2 aromatic rings. The van der Waals surface area contributed by atoms with Gasteiger partial charge in [0, 0.05) is 13.5 Å². The van der Waals surface area contributed by atoms with Crippen molar-refractivity contribution in [3.8, 4) is 5.75 Å². The molecule has 0 saturated carbocycles. The fourth-order valence-corrected chi connectivity index (χ4v) is 2.63. The van der Waals surface area contributed by atoms with E-state index in [0.29, 0.717) is 23.6 Å². The fourth-order valence-electron chi connectivity index (χ4n) is 2.48. The number of H-pyrrole nitrogens is 1. The van der Waals surface area contributed by atoms with Gasteiger partial charge in [0.25, 0.3) is 5.91 Å². The van der Waals surface area contributed by atoms with Gasteiger partial charge in [0.05, 0.1) is 6.54 Å². The van der Waals surface area contributed by atoms with Gasteiger partial charge in [-0.1, -0.05) is 6.07 Å². The molecule has 1 aliphatic rings. The molecule has 0 bridgehead atoms. The molecule has 0 aliphatic carbocycles. The lowest BCUT2D eigenvalue weighted by molar-refractivity contribution is -0.127. The van der Waals surface area contributed by atoms with Crippen molar-refractivity contribution in [3.05, 3.63) is 39.4 Å². The highest BCUT2D eigenvalue weighted by atomic mass is 32.1. The molecular weight excluding hydrogens is 300 g/mol. The first-order valence-electron chi connectivity index (χ1n) is 7.10. The molecule has 1 atom stereocenters. The largest absolute Gasteiger partial charge is 0.480 e. The van der Waals surface area contributed by atoms with Crippen molar-refractivity contribution in [1.29, 1.82) is 0 Å². The van der Waals surface area contributed by atoms with Crippen LogP contribution in [-0.2, 0) is 24.8 Å². The highest BCUT2D eigenvalue weighted by Crippen LogP contribution is 2.31. The van der Waals surface area contributed by atoms with E-state index in [0.717, 1.165) is 11.3 Å². The minimum Gasteiger partial charge on any atom is -0.480 e. The number of amides is 1. The van der Waals surface area contributed by atoms with Gasteiger partial charge in [-0.05, 0) is 48.8 Å². The Labute approximate surface area is 133 Å². The topological polar surface area (TPSA) is 71.9 Å². The summed E-state index contributed by atoms with van der Waals surface area (Å²) < 4.78 is 8.02. The van der Waals surface area contributed by atoms with E-state index in [9.17, 15) is 4.79 Å². The number of fused-ring (bicyclic) bond motifs is 1. The smallest absolute Gasteiger partial charge is 0.261 e. The molecule has 0 saturated heterocycles. The molecule has 2 heterocycles. The van der Waals surface area contributed by atoms with Crippen LogP contribution in [0.25, 0.3) is 0 Å². The lowest BCUT2D eigenvalue weighted by Gasteiger charge is -2.11. The molecule has 22 heavy (non-hydrogen) atoms. The number of benzene rings is 1. The van der Waals surface area contributed by atoms with Crippen LogP contribution in [0.4, 0.5) is 0 Å². The number of ether oxygens (including phenoxy) is 1. The third kappa shape index (κ3) is 2.64. The van der Waals surface area contributed by atoms with Gasteiger partial charge in [-0.25, -0.2) is 0 Å². The maximum atomic E-state index is 12.3. The van der Waals surface area contributed by atoms with E-state index in [1.165, 1.54) is 11.1 Å². The molecule has 0 fully saturated rings. The SMILES string of the molecule is Cc1cc2c(cc1C)O[C@@H](C(=O)NCc1n[nH]c(=S)n1C)C2. The van der Waals surface area contributed by atoms with E-state index in [2.05, 4.69) is 28.5 Å². The molecule has 3 rings (SSSR count). The standard InChI is InChI=1S/C15H18N4O2S/c1-8-4-10-6-12(21-11(10)5-9(8)2)14(20)16-7-13-17-18-15(22)19(13)3/h4-5,12H,6-7H2,1-3H3,(H,16,20)(H,18,22)/t12-/m1/s1. The summed E-state index contributed by atoms with van der Waals surface area (Å²) in [5.41, 5.74) is 3.47. The molecule has 7 heteroatoms. The van der Waals surface area contributed by atoms with Crippen molar-refractivity contribution < 1.29 is 9.53 Å². The van der Waals surface area contributed by atoms with Crippen LogP contribution in [-0.4, -0.2) is 26.8 Å². The Kier molecular flexibility index (Phi) is 3.74. The summed E-state index contributed by atoms with van der Waals surface area (Å²) in [6, 6.07) is 4.09. The average Bonchev–Trinajstić information content (AvgIpc) is 3.02. The molecule has 2 N–H and O–H groups in total. The number of aryl methyl sites for hydroxylation is 2. The van der Waals surface area contributed by atoms with E-state index in [4.69, 9.17) is 17.0 Å². The molecular formula is C15H18N4O2S. The van der Waals surface area contributed by atoms with Crippen molar-refractivity contribution in [2.45, 2.75) is 32.9 Å². The monoisotopic (exact) mass is 318 g/mol. The predicted molar refractivity (Wildman–Crippen MR) is 84.3 cm³/mol. The number of nitrogens with one attached hydrogen (secondary N) is 2. The summed E-state index contributed by atoms with van der Waals surface area (Å²) >= 11 is 5.04. The van der Waals surface area contributed by atoms with Crippen LogP contribution in [0, 0.1) is 18.6 Å². The van der Waals surface area contributed by atoms with Gasteiger partial charge in [-0.3, -0.25) is 9.89 Å². The normalized spacial score (nSPS) is 16.2. The van der Waals surface area contributed by atoms with E-state index < -0.39 is 6.10 Å². The van der Waals surface area contributed by atoms with Gasteiger partial charge in [0.1, 0.15) is 5.75 Å². The van der Waals surface area contributed by atoms with Crippen LogP contribution in [0.1, 0.15) is 22.5 Å². The van der Waals surface area contributed by atoms with Gasteiger partial charge in [-0.2, -0.15) is 5.10 Å². The number of nitrogens with zero attached hydrogens (tertiary/aromatic N) is 2. The maximum absolute atomic E-state index is 12.3. The van der Waals surface area contributed by atoms with Crippen LogP contribution in [0.5, 0.6) is 5.75 Å². The van der Waals surface area contributed by atoms with Crippen LogP contribution in [0.2, 0.25) is 0 Å². The fraction of sp³-hybridized carbons (Fsp3) is 0.400. The molecule has 1 aromatic carbocycles. The summed E-state index contributed by atoms with van der Waals surface area (Å²) in [6.45, 7) is 4.42. The molecule has 1 amide bonds. The first kappa shape index (κ1) is 14.8. The van der Waals surface area contributed by atoms with Gasteiger partial charge in [0.2, 0.25) is 0 Å². The third-order valence-electron chi connectivity index (χ3n) is 4.04. The molecule has 0 spiro atoms. The molecule has 1 aromatic heterocycles. The molecule has 0 radical (unpaired) electrons. The van der Waals surface area contributed by atoms with E-state index in [1.54, 1.807) is 11.6 Å². The third-order valence-corrected chi connectivity index (χ3v) is 4.40. The van der Waals surface area contributed by atoms with Gasteiger partial charge in [0.15, 0.2) is 16.7 Å². The summed E-state index contributed by atoms with van der Waals surface area (Å²) in [6.07, 6.45) is 0.116. The van der Waals surface area contributed by atoms with E-state index >= 15 is 0 Å². The number of hydrogen-bond donors (Lipinski definition) is 2. The van der Waals surface area contributed by atoms with Gasteiger partial charge < -0.3 is 14.6 Å². The predicted octanol–water partition coefficient (Wildman–Crippen LogP) is 1.71. The quantitative estimate of drug-likeness (QED) is 0.845. The second-order valence-corrected chi connectivity index (χ2v) is 5.96. The first-order valence-corrected chi connectivity index (χ1v) is 7.51. The highest BCUT2D eigenvalue weighted by Gasteiger charge is 2.29. The Morgan fingerprint density at radius 2 is 2.23 bits per heavy atom. The number of carbonyl (C=O) groups excluding carboxylic acids is 1. The zero-order valence-electron chi connectivity index (χ0n) is 12.8. The van der Waals surface area contributed by atoms with Gasteiger partial charge in [-0.15, -0.1) is 0 Å². The Balaban J connectivity index is 1.65. The van der Waals surface area contributed by atoms with Crippen LogP contribution < -0.4 is 10.1 Å². The van der Waals surface area contributed by atoms with Crippen molar-refractivity contribution in [1.82, 2.24) is 20.1 Å². The second kappa shape index (κ2) is 5.57. The number of aromatic nitrogens is 3. The summed E-state index contributed by atoms with van der Waals surface area (Å²) in [5.74, 6) is 1.35. The number of aromatic amines is 1. The maximum Gasteiger partial charge on any atom is 0.261 e.